The Morgan fingerprint density at radius 2 is 2.20 bits per heavy atom. The van der Waals surface area contributed by atoms with E-state index in [1.54, 1.807) is 7.11 Å². The maximum absolute atomic E-state index is 8.85. The van der Waals surface area contributed by atoms with E-state index in [1.807, 2.05) is 30.1 Å². The van der Waals surface area contributed by atoms with Crippen molar-refractivity contribution >= 4 is 15.9 Å². The number of halogens is 1. The van der Waals surface area contributed by atoms with Crippen LogP contribution in [0.25, 0.3) is 0 Å². The van der Waals surface area contributed by atoms with E-state index in [0.717, 1.165) is 23.2 Å². The van der Waals surface area contributed by atoms with Gasteiger partial charge in [0.1, 0.15) is 5.75 Å². The normalized spacial score (nSPS) is 10.7. The van der Waals surface area contributed by atoms with Gasteiger partial charge in [0, 0.05) is 6.54 Å². The number of aliphatic hydroxyl groups excluding tert-OH is 1. The van der Waals surface area contributed by atoms with Crippen LogP contribution in [-0.2, 0) is 6.42 Å². The number of rotatable bonds is 5. The largest absolute Gasteiger partial charge is 0.496 e. The molecule has 0 fully saturated rings. The Balaban J connectivity index is 2.59. The van der Waals surface area contributed by atoms with Gasteiger partial charge in [-0.1, -0.05) is 6.07 Å². The van der Waals surface area contributed by atoms with Gasteiger partial charge in [0.15, 0.2) is 0 Å². The van der Waals surface area contributed by atoms with Gasteiger partial charge < -0.3 is 9.84 Å². The first-order valence-electron chi connectivity index (χ1n) is 4.79. The fourth-order valence-corrected chi connectivity index (χ4v) is 1.84. The molecule has 0 unspecified atom stereocenters. The summed E-state index contributed by atoms with van der Waals surface area (Å²) in [5.74, 6) is 0.842. The fraction of sp³-hybridized carbons (Fsp3) is 0.455. The average molecular weight is 274 g/mol. The monoisotopic (exact) mass is 273 g/mol. The molecule has 0 atom stereocenters. The Morgan fingerprint density at radius 1 is 1.47 bits per heavy atom. The SMILES string of the molecule is COc1ccc(CCN(C)CO)cc1Br. The molecular formula is C11H16BrNO2. The molecular weight excluding hydrogens is 258 g/mol. The van der Waals surface area contributed by atoms with Crippen molar-refractivity contribution in [2.24, 2.45) is 0 Å². The molecule has 1 aromatic rings. The Morgan fingerprint density at radius 3 is 2.73 bits per heavy atom. The molecule has 0 spiro atoms. The maximum atomic E-state index is 8.85. The molecule has 84 valence electrons. The summed E-state index contributed by atoms with van der Waals surface area (Å²) in [6.45, 7) is 0.937. The molecule has 0 saturated carbocycles. The van der Waals surface area contributed by atoms with Gasteiger partial charge in [0.25, 0.3) is 0 Å². The van der Waals surface area contributed by atoms with Gasteiger partial charge in [-0.3, -0.25) is 4.90 Å². The molecule has 1 aromatic carbocycles. The number of ether oxygens (including phenoxy) is 1. The molecule has 0 aromatic heterocycles. The highest BCUT2D eigenvalue weighted by Crippen LogP contribution is 2.25. The topological polar surface area (TPSA) is 32.7 Å². The number of benzene rings is 1. The van der Waals surface area contributed by atoms with Crippen molar-refractivity contribution in [3.8, 4) is 5.75 Å². The van der Waals surface area contributed by atoms with Crippen molar-refractivity contribution in [2.45, 2.75) is 6.42 Å². The van der Waals surface area contributed by atoms with Gasteiger partial charge in [-0.15, -0.1) is 0 Å². The van der Waals surface area contributed by atoms with Crippen molar-refractivity contribution in [3.63, 3.8) is 0 Å². The van der Waals surface area contributed by atoms with Gasteiger partial charge in [-0.25, -0.2) is 0 Å². The summed E-state index contributed by atoms with van der Waals surface area (Å²) in [5.41, 5.74) is 1.22. The molecule has 3 nitrogen and oxygen atoms in total. The minimum absolute atomic E-state index is 0.0946. The molecule has 1 N–H and O–H groups in total. The summed E-state index contributed by atoms with van der Waals surface area (Å²) >= 11 is 3.44. The summed E-state index contributed by atoms with van der Waals surface area (Å²) in [5, 5.41) is 8.85. The first kappa shape index (κ1) is 12.5. The van der Waals surface area contributed by atoms with Crippen LogP contribution in [0.3, 0.4) is 0 Å². The minimum Gasteiger partial charge on any atom is -0.496 e. The van der Waals surface area contributed by atoms with Gasteiger partial charge in [0.05, 0.1) is 18.3 Å². The zero-order valence-electron chi connectivity index (χ0n) is 9.03. The van der Waals surface area contributed by atoms with Crippen molar-refractivity contribution in [2.75, 3.05) is 27.4 Å². The molecule has 0 heterocycles. The zero-order chi connectivity index (χ0) is 11.3. The molecule has 15 heavy (non-hydrogen) atoms. The second-order valence-corrected chi connectivity index (χ2v) is 4.29. The summed E-state index contributed by atoms with van der Waals surface area (Å²) < 4.78 is 6.12. The van der Waals surface area contributed by atoms with Crippen LogP contribution >= 0.6 is 15.9 Å². The first-order valence-corrected chi connectivity index (χ1v) is 5.58. The number of aliphatic hydroxyl groups is 1. The Kier molecular flexibility index (Phi) is 5.08. The summed E-state index contributed by atoms with van der Waals surface area (Å²) in [6, 6.07) is 6.03. The summed E-state index contributed by atoms with van der Waals surface area (Å²) in [7, 11) is 3.54. The highest BCUT2D eigenvalue weighted by molar-refractivity contribution is 9.10. The smallest absolute Gasteiger partial charge is 0.133 e. The molecule has 0 radical (unpaired) electrons. The lowest BCUT2D eigenvalue weighted by molar-refractivity contribution is 0.134. The molecule has 0 amide bonds. The molecule has 0 aliphatic rings. The second-order valence-electron chi connectivity index (χ2n) is 3.44. The van der Waals surface area contributed by atoms with Crippen molar-refractivity contribution in [1.29, 1.82) is 0 Å². The van der Waals surface area contributed by atoms with E-state index >= 15 is 0 Å². The third-order valence-corrected chi connectivity index (χ3v) is 2.86. The van der Waals surface area contributed by atoms with Crippen LogP contribution in [0.2, 0.25) is 0 Å². The van der Waals surface area contributed by atoms with E-state index in [0.29, 0.717) is 0 Å². The van der Waals surface area contributed by atoms with Crippen LogP contribution in [0.5, 0.6) is 5.75 Å². The van der Waals surface area contributed by atoms with Crippen LogP contribution in [-0.4, -0.2) is 37.4 Å². The molecule has 0 bridgehead atoms. The van der Waals surface area contributed by atoms with E-state index in [1.165, 1.54) is 5.56 Å². The van der Waals surface area contributed by atoms with Crippen LogP contribution in [0, 0.1) is 0 Å². The molecule has 4 heteroatoms. The molecule has 0 saturated heterocycles. The highest BCUT2D eigenvalue weighted by Gasteiger charge is 2.02. The zero-order valence-corrected chi connectivity index (χ0v) is 10.6. The second kappa shape index (κ2) is 6.10. The van der Waals surface area contributed by atoms with Gasteiger partial charge >= 0.3 is 0 Å². The molecule has 1 rings (SSSR count). The predicted molar refractivity (Wildman–Crippen MR) is 64.1 cm³/mol. The van der Waals surface area contributed by atoms with Crippen LogP contribution in [0.1, 0.15) is 5.56 Å². The van der Waals surface area contributed by atoms with E-state index in [-0.39, 0.29) is 6.73 Å². The summed E-state index contributed by atoms with van der Waals surface area (Å²) in [4.78, 5) is 1.86. The predicted octanol–water partition coefficient (Wildman–Crippen LogP) is 1.88. The van der Waals surface area contributed by atoms with Crippen LogP contribution in [0.15, 0.2) is 22.7 Å². The van der Waals surface area contributed by atoms with Crippen LogP contribution < -0.4 is 4.74 Å². The number of methoxy groups -OCH3 is 1. The van der Waals surface area contributed by atoms with E-state index in [9.17, 15) is 0 Å². The van der Waals surface area contributed by atoms with Gasteiger partial charge in [-0.05, 0) is 47.1 Å². The van der Waals surface area contributed by atoms with Gasteiger partial charge in [-0.2, -0.15) is 0 Å². The van der Waals surface area contributed by atoms with Crippen LogP contribution in [0.4, 0.5) is 0 Å². The lowest BCUT2D eigenvalue weighted by Crippen LogP contribution is -2.21. The Hall–Kier alpha value is -0.580. The minimum atomic E-state index is 0.0946. The lowest BCUT2D eigenvalue weighted by Gasteiger charge is -2.13. The van der Waals surface area contributed by atoms with E-state index in [2.05, 4.69) is 15.9 Å². The number of nitrogens with zero attached hydrogens (tertiary/aromatic N) is 1. The Labute approximate surface area is 98.8 Å². The molecule has 0 aliphatic carbocycles. The highest BCUT2D eigenvalue weighted by atomic mass is 79.9. The Bertz CT molecular complexity index is 317. The summed E-state index contributed by atoms with van der Waals surface area (Å²) in [6.07, 6.45) is 0.916. The average Bonchev–Trinajstić information content (AvgIpc) is 2.26. The van der Waals surface area contributed by atoms with Crippen molar-refractivity contribution in [3.05, 3.63) is 28.2 Å². The fourth-order valence-electron chi connectivity index (χ4n) is 1.26. The van der Waals surface area contributed by atoms with Crippen molar-refractivity contribution < 1.29 is 9.84 Å². The van der Waals surface area contributed by atoms with E-state index < -0.39 is 0 Å². The third kappa shape index (κ3) is 3.81. The maximum Gasteiger partial charge on any atom is 0.133 e. The third-order valence-electron chi connectivity index (χ3n) is 2.24. The number of hydrogen-bond donors (Lipinski definition) is 1. The van der Waals surface area contributed by atoms with Gasteiger partial charge in [0.2, 0.25) is 0 Å². The molecule has 0 aliphatic heterocycles. The first-order chi connectivity index (χ1) is 7.17. The standard InChI is InChI=1S/C11H16BrNO2/c1-13(8-14)6-5-9-3-4-11(15-2)10(12)7-9/h3-4,7,14H,5-6,8H2,1-2H3. The number of hydrogen-bond acceptors (Lipinski definition) is 3. The number of likely N-dealkylation sites (N-methyl/N-ethyl adjacent to an activating group) is 1. The quantitative estimate of drug-likeness (QED) is 0.832. The van der Waals surface area contributed by atoms with E-state index in [4.69, 9.17) is 9.84 Å². The van der Waals surface area contributed by atoms with Crippen molar-refractivity contribution in [1.82, 2.24) is 4.90 Å². The lowest BCUT2D eigenvalue weighted by atomic mass is 10.1.